The van der Waals surface area contributed by atoms with E-state index in [-0.39, 0.29) is 18.0 Å². The number of hydrogen-bond acceptors (Lipinski definition) is 4. The zero-order valence-corrected chi connectivity index (χ0v) is 12.6. The SMILES string of the molecule is CC=Cc1ccc2cc(O)c(N3CC(=O)NS3(=O)=O)cc2c1. The van der Waals surface area contributed by atoms with Crippen LogP contribution in [0.4, 0.5) is 5.69 Å². The molecule has 1 aliphatic heterocycles. The number of anilines is 1. The normalized spacial score (nSPS) is 17.3. The summed E-state index contributed by atoms with van der Waals surface area (Å²) in [6.45, 7) is 1.57. The number of rotatable bonds is 2. The van der Waals surface area contributed by atoms with Crippen LogP contribution in [0.5, 0.6) is 5.75 Å². The molecule has 1 aliphatic rings. The largest absolute Gasteiger partial charge is 0.506 e. The van der Waals surface area contributed by atoms with Gasteiger partial charge in [-0.2, -0.15) is 8.42 Å². The van der Waals surface area contributed by atoms with Crippen molar-refractivity contribution >= 4 is 38.7 Å². The Bertz CT molecular complexity index is 903. The van der Waals surface area contributed by atoms with Crippen molar-refractivity contribution in [3.8, 4) is 5.75 Å². The van der Waals surface area contributed by atoms with Gasteiger partial charge in [0.05, 0.1) is 5.69 Å². The summed E-state index contributed by atoms with van der Waals surface area (Å²) in [4.78, 5) is 11.3. The number of benzene rings is 2. The van der Waals surface area contributed by atoms with Crippen molar-refractivity contribution in [2.75, 3.05) is 10.8 Å². The third-order valence-electron chi connectivity index (χ3n) is 3.41. The van der Waals surface area contributed by atoms with E-state index >= 15 is 0 Å². The molecule has 2 N–H and O–H groups in total. The molecule has 0 aliphatic carbocycles. The second-order valence-corrected chi connectivity index (χ2v) is 6.58. The van der Waals surface area contributed by atoms with Crippen molar-refractivity contribution in [1.82, 2.24) is 4.72 Å². The number of aromatic hydroxyl groups is 1. The summed E-state index contributed by atoms with van der Waals surface area (Å²) < 4.78 is 26.6. The second kappa shape index (κ2) is 5.03. The van der Waals surface area contributed by atoms with E-state index in [9.17, 15) is 18.3 Å². The molecule has 1 heterocycles. The highest BCUT2D eigenvalue weighted by atomic mass is 32.2. The molecule has 0 aromatic heterocycles. The van der Waals surface area contributed by atoms with Crippen LogP contribution in [0, 0.1) is 0 Å². The van der Waals surface area contributed by atoms with E-state index in [1.54, 1.807) is 6.07 Å². The molecule has 22 heavy (non-hydrogen) atoms. The first kappa shape index (κ1) is 14.4. The van der Waals surface area contributed by atoms with Gasteiger partial charge in [0.15, 0.2) is 0 Å². The van der Waals surface area contributed by atoms with Gasteiger partial charge in [-0.05, 0) is 41.5 Å². The summed E-state index contributed by atoms with van der Waals surface area (Å²) in [7, 11) is -3.94. The lowest BCUT2D eigenvalue weighted by Gasteiger charge is -2.17. The first-order valence-corrected chi connectivity index (χ1v) is 8.07. The van der Waals surface area contributed by atoms with E-state index < -0.39 is 16.1 Å². The van der Waals surface area contributed by atoms with Crippen LogP contribution in [0.1, 0.15) is 12.5 Å². The van der Waals surface area contributed by atoms with Gasteiger partial charge in [-0.3, -0.25) is 4.79 Å². The Morgan fingerprint density at radius 2 is 2.00 bits per heavy atom. The molecule has 6 nitrogen and oxygen atoms in total. The van der Waals surface area contributed by atoms with Crippen LogP contribution in [-0.4, -0.2) is 26.0 Å². The number of phenols is 1. The van der Waals surface area contributed by atoms with Crippen LogP contribution in [0.15, 0.2) is 36.4 Å². The fraction of sp³-hybridized carbons (Fsp3) is 0.133. The van der Waals surface area contributed by atoms with Gasteiger partial charge in [-0.25, -0.2) is 9.03 Å². The predicted octanol–water partition coefficient (Wildman–Crippen LogP) is 1.76. The Balaban J connectivity index is 2.17. The number of amides is 1. The molecule has 0 saturated carbocycles. The van der Waals surface area contributed by atoms with E-state index in [1.807, 2.05) is 42.0 Å². The zero-order valence-electron chi connectivity index (χ0n) is 11.8. The lowest BCUT2D eigenvalue weighted by Crippen LogP contribution is -2.29. The Kier molecular flexibility index (Phi) is 3.29. The van der Waals surface area contributed by atoms with Crippen LogP contribution >= 0.6 is 0 Å². The number of fused-ring (bicyclic) bond motifs is 1. The minimum absolute atomic E-state index is 0.0866. The fourth-order valence-electron chi connectivity index (χ4n) is 2.45. The maximum atomic E-state index is 11.9. The van der Waals surface area contributed by atoms with E-state index in [0.29, 0.717) is 0 Å². The van der Waals surface area contributed by atoms with E-state index in [0.717, 1.165) is 20.6 Å². The fourth-order valence-corrected chi connectivity index (χ4v) is 3.60. The Hall–Kier alpha value is -2.54. The number of hydrogen-bond donors (Lipinski definition) is 2. The van der Waals surface area contributed by atoms with E-state index in [1.165, 1.54) is 6.07 Å². The molecule has 0 radical (unpaired) electrons. The van der Waals surface area contributed by atoms with Crippen LogP contribution < -0.4 is 9.03 Å². The van der Waals surface area contributed by atoms with Gasteiger partial charge in [-0.1, -0.05) is 24.3 Å². The topological polar surface area (TPSA) is 86.7 Å². The van der Waals surface area contributed by atoms with Gasteiger partial charge in [0.2, 0.25) is 0 Å². The highest BCUT2D eigenvalue weighted by molar-refractivity contribution is 7.92. The third kappa shape index (κ3) is 2.39. The van der Waals surface area contributed by atoms with Crippen molar-refractivity contribution in [2.45, 2.75) is 6.92 Å². The van der Waals surface area contributed by atoms with E-state index in [4.69, 9.17) is 0 Å². The standard InChI is InChI=1S/C15H14N2O4S/c1-2-3-10-4-5-11-8-14(18)13(7-12(11)6-10)17-9-15(19)16-22(17,20)21/h2-8,18H,9H2,1H3,(H,16,19). The molecule has 3 rings (SSSR count). The van der Waals surface area contributed by atoms with Crippen molar-refractivity contribution in [1.29, 1.82) is 0 Å². The molecule has 0 unspecified atom stereocenters. The van der Waals surface area contributed by atoms with Crippen molar-refractivity contribution in [3.05, 3.63) is 42.0 Å². The molecule has 7 heteroatoms. The van der Waals surface area contributed by atoms with Crippen molar-refractivity contribution in [3.63, 3.8) is 0 Å². The van der Waals surface area contributed by atoms with Crippen LogP contribution in [-0.2, 0) is 15.0 Å². The zero-order chi connectivity index (χ0) is 15.9. The molecule has 1 amide bonds. The summed E-state index contributed by atoms with van der Waals surface area (Å²) >= 11 is 0. The molecule has 0 bridgehead atoms. The number of allylic oxidation sites excluding steroid dienone is 1. The molecule has 1 saturated heterocycles. The number of nitrogens with one attached hydrogen (secondary N) is 1. The number of carbonyl (C=O) groups is 1. The van der Waals surface area contributed by atoms with Gasteiger partial charge < -0.3 is 5.11 Å². The third-order valence-corrected chi connectivity index (χ3v) is 4.80. The first-order valence-electron chi connectivity index (χ1n) is 6.63. The average Bonchev–Trinajstić information content (AvgIpc) is 2.71. The van der Waals surface area contributed by atoms with Crippen molar-refractivity contribution < 1.29 is 18.3 Å². The van der Waals surface area contributed by atoms with E-state index in [2.05, 4.69) is 0 Å². The summed E-state index contributed by atoms with van der Waals surface area (Å²) in [5.74, 6) is -0.812. The first-order chi connectivity index (χ1) is 10.4. The summed E-state index contributed by atoms with van der Waals surface area (Å²) in [6.07, 6.45) is 3.82. The molecule has 2 aromatic carbocycles. The summed E-state index contributed by atoms with van der Waals surface area (Å²) in [5.41, 5.74) is 1.05. The highest BCUT2D eigenvalue weighted by Gasteiger charge is 2.35. The van der Waals surface area contributed by atoms with Crippen LogP contribution in [0.3, 0.4) is 0 Å². The summed E-state index contributed by atoms with van der Waals surface area (Å²) in [5, 5.41) is 11.7. The minimum Gasteiger partial charge on any atom is -0.506 e. The van der Waals surface area contributed by atoms with Gasteiger partial charge in [-0.15, -0.1) is 0 Å². The highest BCUT2D eigenvalue weighted by Crippen LogP contribution is 2.35. The van der Waals surface area contributed by atoms with Gasteiger partial charge in [0.1, 0.15) is 12.3 Å². The minimum atomic E-state index is -3.94. The Morgan fingerprint density at radius 3 is 2.64 bits per heavy atom. The maximum Gasteiger partial charge on any atom is 0.326 e. The molecule has 0 spiro atoms. The Morgan fingerprint density at radius 1 is 1.23 bits per heavy atom. The molecule has 2 aromatic rings. The number of carbonyl (C=O) groups excluding carboxylic acids is 1. The summed E-state index contributed by atoms with van der Waals surface area (Å²) in [6, 6.07) is 8.68. The second-order valence-electron chi connectivity index (χ2n) is 4.98. The predicted molar refractivity (Wildman–Crippen MR) is 84.7 cm³/mol. The number of phenolic OH excluding ortho intramolecular Hbond substituents is 1. The van der Waals surface area contributed by atoms with Crippen molar-refractivity contribution in [2.24, 2.45) is 0 Å². The quantitative estimate of drug-likeness (QED) is 0.883. The molecule has 1 fully saturated rings. The van der Waals surface area contributed by atoms with Gasteiger partial charge in [0, 0.05) is 0 Å². The molecular weight excluding hydrogens is 304 g/mol. The Labute approximate surface area is 127 Å². The maximum absolute atomic E-state index is 11.9. The van der Waals surface area contributed by atoms with Gasteiger partial charge >= 0.3 is 10.2 Å². The van der Waals surface area contributed by atoms with Crippen LogP contribution in [0.25, 0.3) is 16.8 Å². The molecular formula is C15H14N2O4S. The monoisotopic (exact) mass is 318 g/mol. The lowest BCUT2D eigenvalue weighted by atomic mass is 10.1. The van der Waals surface area contributed by atoms with Gasteiger partial charge in [0.25, 0.3) is 5.91 Å². The molecule has 0 atom stereocenters. The number of nitrogens with zero attached hydrogens (tertiary/aromatic N) is 1. The average molecular weight is 318 g/mol. The van der Waals surface area contributed by atoms with Crippen LogP contribution in [0.2, 0.25) is 0 Å². The smallest absolute Gasteiger partial charge is 0.326 e. The lowest BCUT2D eigenvalue weighted by molar-refractivity contribution is -0.117. The molecule has 114 valence electrons.